The van der Waals surface area contributed by atoms with Gasteiger partial charge in [0.1, 0.15) is 6.17 Å². The molecule has 0 radical (unpaired) electrons. The van der Waals surface area contributed by atoms with Crippen molar-refractivity contribution in [1.29, 1.82) is 0 Å². The predicted molar refractivity (Wildman–Crippen MR) is 112 cm³/mol. The zero-order chi connectivity index (χ0) is 20.3. The van der Waals surface area contributed by atoms with Crippen molar-refractivity contribution in [3.05, 3.63) is 66.0 Å². The Balaban J connectivity index is 1.35. The van der Waals surface area contributed by atoms with E-state index in [2.05, 4.69) is 15.5 Å². The van der Waals surface area contributed by atoms with Crippen molar-refractivity contribution in [2.45, 2.75) is 31.2 Å². The van der Waals surface area contributed by atoms with E-state index in [0.717, 1.165) is 12.1 Å². The van der Waals surface area contributed by atoms with Gasteiger partial charge in [0.2, 0.25) is 7.37 Å². The van der Waals surface area contributed by atoms with Gasteiger partial charge in [-0.05, 0) is 55.0 Å². The van der Waals surface area contributed by atoms with Crippen molar-refractivity contribution in [2.75, 3.05) is 19.8 Å². The van der Waals surface area contributed by atoms with Gasteiger partial charge >= 0.3 is 0 Å². The molecule has 29 heavy (non-hydrogen) atoms. The van der Waals surface area contributed by atoms with Crippen LogP contribution in [-0.4, -0.2) is 47.3 Å². The monoisotopic (exact) mass is 415 g/mol. The lowest BCUT2D eigenvalue weighted by molar-refractivity contribution is -0.117. The predicted octanol–water partition coefficient (Wildman–Crippen LogP) is 1.58. The van der Waals surface area contributed by atoms with E-state index in [-0.39, 0.29) is 17.7 Å². The molecule has 3 heterocycles. The minimum Gasteiger partial charge on any atom is -0.381 e. The molecule has 1 amide bonds. The van der Waals surface area contributed by atoms with Crippen LogP contribution in [0.4, 0.5) is 0 Å². The van der Waals surface area contributed by atoms with Gasteiger partial charge < -0.3 is 25.2 Å². The van der Waals surface area contributed by atoms with Crippen LogP contribution in [-0.2, 0) is 20.6 Å². The maximum absolute atomic E-state index is 12.9. The maximum atomic E-state index is 12.9. The number of nitrogens with one attached hydrogen (secondary N) is 2. The van der Waals surface area contributed by atoms with Gasteiger partial charge in [0.25, 0.3) is 5.91 Å². The van der Waals surface area contributed by atoms with Gasteiger partial charge in [0.15, 0.2) is 0 Å². The van der Waals surface area contributed by atoms with E-state index in [1.807, 2.05) is 30.6 Å². The lowest BCUT2D eigenvalue weighted by Gasteiger charge is -2.33. The van der Waals surface area contributed by atoms with E-state index in [4.69, 9.17) is 4.74 Å². The first-order valence-electron chi connectivity index (χ1n) is 9.89. The molecule has 2 unspecified atom stereocenters. The van der Waals surface area contributed by atoms with Gasteiger partial charge in [-0.2, -0.15) is 0 Å². The molecule has 3 aliphatic rings. The second kappa shape index (κ2) is 8.57. The molecule has 4 rings (SSSR count). The molecule has 0 spiro atoms. The summed E-state index contributed by atoms with van der Waals surface area (Å²) in [6, 6.07) is 7.01. The zero-order valence-corrected chi connectivity index (χ0v) is 17.1. The maximum Gasteiger partial charge on any atom is 0.253 e. The van der Waals surface area contributed by atoms with E-state index in [1.54, 1.807) is 24.3 Å². The third kappa shape index (κ3) is 4.47. The molecule has 8 heteroatoms. The van der Waals surface area contributed by atoms with Crippen molar-refractivity contribution in [3.8, 4) is 0 Å². The number of benzene rings is 1. The van der Waals surface area contributed by atoms with Crippen molar-refractivity contribution in [3.63, 3.8) is 0 Å². The minimum atomic E-state index is -3.42. The van der Waals surface area contributed by atoms with Crippen LogP contribution in [0.1, 0.15) is 18.4 Å². The number of ether oxygens (including phenoxy) is 1. The smallest absolute Gasteiger partial charge is 0.253 e. The van der Waals surface area contributed by atoms with Crippen molar-refractivity contribution in [2.24, 2.45) is 0 Å². The molecule has 7 nitrogen and oxygen atoms in total. The Kier molecular flexibility index (Phi) is 5.90. The fourth-order valence-corrected chi connectivity index (χ4v) is 5.67. The number of amides is 1. The standard InChI is InChI=1S/C21H26N3O4P/c25-21(17-4-7-20-22-10-1-11-24(20)15-17)23-14-16-2-5-18(6-3-16)29(26,27)19-8-12-28-13-9-19/h1-7,10,15,19-20,22H,8-9,11-14H2,(H,23,25)(H,26,27). The average molecular weight is 415 g/mol. The van der Waals surface area contributed by atoms with Gasteiger partial charge in [-0.1, -0.05) is 12.1 Å². The molecule has 1 aromatic carbocycles. The van der Waals surface area contributed by atoms with Crippen molar-refractivity contribution < 1.29 is 19.0 Å². The summed E-state index contributed by atoms with van der Waals surface area (Å²) in [6.07, 6.45) is 10.9. The van der Waals surface area contributed by atoms with E-state index in [1.165, 1.54) is 0 Å². The fraction of sp³-hybridized carbons (Fsp3) is 0.381. The molecule has 1 fully saturated rings. The number of fused-ring (bicyclic) bond motifs is 1. The number of hydrogen-bond acceptors (Lipinski definition) is 5. The fourth-order valence-electron chi connectivity index (χ4n) is 3.76. The first-order chi connectivity index (χ1) is 14.0. The normalized spacial score (nSPS) is 23.6. The highest BCUT2D eigenvalue weighted by molar-refractivity contribution is 7.66. The van der Waals surface area contributed by atoms with Crippen molar-refractivity contribution >= 4 is 18.6 Å². The number of carbonyl (C=O) groups is 1. The molecule has 3 aliphatic heterocycles. The van der Waals surface area contributed by atoms with Crippen LogP contribution >= 0.6 is 7.37 Å². The minimum absolute atomic E-state index is 0.0917. The molecule has 1 saturated heterocycles. The molecular formula is C21H26N3O4P. The quantitative estimate of drug-likeness (QED) is 0.633. The number of carbonyl (C=O) groups excluding carboxylic acids is 1. The Hall–Kier alpha value is -2.34. The first-order valence-corrected chi connectivity index (χ1v) is 11.6. The topological polar surface area (TPSA) is 90.9 Å². The molecule has 0 aliphatic carbocycles. The summed E-state index contributed by atoms with van der Waals surface area (Å²) in [5.41, 5.74) is 1.25. The summed E-state index contributed by atoms with van der Waals surface area (Å²) in [7, 11) is -3.42. The Morgan fingerprint density at radius 1 is 1.28 bits per heavy atom. The van der Waals surface area contributed by atoms with E-state index in [0.29, 0.717) is 43.5 Å². The van der Waals surface area contributed by atoms with Crippen LogP contribution in [0, 0.1) is 0 Å². The second-order valence-corrected chi connectivity index (χ2v) is 9.96. The Bertz CT molecular complexity index is 888. The first kappa shape index (κ1) is 20.0. The summed E-state index contributed by atoms with van der Waals surface area (Å²) in [4.78, 5) is 25.1. The van der Waals surface area contributed by atoms with E-state index >= 15 is 0 Å². The Morgan fingerprint density at radius 2 is 2.03 bits per heavy atom. The average Bonchev–Trinajstić information content (AvgIpc) is 2.78. The molecule has 0 bridgehead atoms. The Labute approximate surface area is 170 Å². The number of nitrogens with zero attached hydrogens (tertiary/aromatic N) is 1. The molecule has 0 aromatic heterocycles. The van der Waals surface area contributed by atoms with Crippen LogP contribution < -0.4 is 15.9 Å². The highest BCUT2D eigenvalue weighted by Gasteiger charge is 2.34. The SMILES string of the molecule is O=C(NCc1ccc(P(=O)(O)C2CCOCC2)cc1)C1=CN2CC=CNC2C=C1. The summed E-state index contributed by atoms with van der Waals surface area (Å²) in [5, 5.41) is 6.59. The van der Waals surface area contributed by atoms with Gasteiger partial charge in [0, 0.05) is 43.5 Å². The van der Waals surface area contributed by atoms with Crippen LogP contribution in [0.2, 0.25) is 0 Å². The van der Waals surface area contributed by atoms with Crippen LogP contribution in [0.15, 0.2) is 60.5 Å². The third-order valence-electron chi connectivity index (χ3n) is 5.53. The highest BCUT2D eigenvalue weighted by Crippen LogP contribution is 2.49. The van der Waals surface area contributed by atoms with Gasteiger partial charge in [0.05, 0.1) is 5.57 Å². The molecular weight excluding hydrogens is 389 g/mol. The van der Waals surface area contributed by atoms with Gasteiger partial charge in [-0.25, -0.2) is 0 Å². The summed E-state index contributed by atoms with van der Waals surface area (Å²) >= 11 is 0. The van der Waals surface area contributed by atoms with Gasteiger partial charge in [-0.15, -0.1) is 0 Å². The van der Waals surface area contributed by atoms with Crippen LogP contribution in [0.5, 0.6) is 0 Å². The largest absolute Gasteiger partial charge is 0.381 e. The van der Waals surface area contributed by atoms with Crippen molar-refractivity contribution in [1.82, 2.24) is 15.5 Å². The number of rotatable bonds is 5. The van der Waals surface area contributed by atoms with E-state index in [9.17, 15) is 14.3 Å². The molecule has 2 atom stereocenters. The summed E-state index contributed by atoms with van der Waals surface area (Å²) in [5.74, 6) is -0.145. The molecule has 0 saturated carbocycles. The highest BCUT2D eigenvalue weighted by atomic mass is 31.2. The number of hydrogen-bond donors (Lipinski definition) is 3. The molecule has 154 valence electrons. The van der Waals surface area contributed by atoms with Gasteiger partial charge in [-0.3, -0.25) is 9.36 Å². The third-order valence-corrected chi connectivity index (χ3v) is 8.07. The lowest BCUT2D eigenvalue weighted by atomic mass is 10.1. The molecule has 1 aromatic rings. The lowest BCUT2D eigenvalue weighted by Crippen LogP contribution is -2.44. The summed E-state index contributed by atoms with van der Waals surface area (Å²) < 4.78 is 18.2. The van der Waals surface area contributed by atoms with E-state index < -0.39 is 7.37 Å². The van der Waals surface area contributed by atoms with Crippen LogP contribution in [0.3, 0.4) is 0 Å². The van der Waals surface area contributed by atoms with Crippen LogP contribution in [0.25, 0.3) is 0 Å². The summed E-state index contributed by atoms with van der Waals surface area (Å²) in [6.45, 7) is 2.19. The Morgan fingerprint density at radius 3 is 2.79 bits per heavy atom. The zero-order valence-electron chi connectivity index (χ0n) is 16.2. The second-order valence-electron chi connectivity index (χ2n) is 7.47. The molecule has 3 N–H and O–H groups in total.